The van der Waals surface area contributed by atoms with Crippen molar-refractivity contribution >= 4 is 0 Å². The molecule has 1 atom stereocenters. The highest BCUT2D eigenvalue weighted by Gasteiger charge is 2.13. The number of quaternary nitrogens is 1. The summed E-state index contributed by atoms with van der Waals surface area (Å²) in [5.74, 6) is 0. The maximum atomic E-state index is 2.29. The molecule has 2 aromatic rings. The van der Waals surface area contributed by atoms with Gasteiger partial charge in [0.2, 0.25) is 0 Å². The van der Waals surface area contributed by atoms with Gasteiger partial charge in [-0.05, 0) is 30.2 Å². The molecule has 1 aliphatic heterocycles. The average Bonchev–Trinajstić information content (AvgIpc) is 2.49. The molecule has 0 fully saturated rings. The van der Waals surface area contributed by atoms with Crippen molar-refractivity contribution in [3.05, 3.63) is 84.1 Å². The predicted molar refractivity (Wildman–Crippen MR) is 79.4 cm³/mol. The van der Waals surface area contributed by atoms with E-state index < -0.39 is 0 Å². The van der Waals surface area contributed by atoms with Crippen molar-refractivity contribution in [2.75, 3.05) is 0 Å². The van der Waals surface area contributed by atoms with Crippen LogP contribution in [-0.2, 0) is 0 Å². The molecule has 2 aromatic carbocycles. The molecule has 0 spiro atoms. The van der Waals surface area contributed by atoms with Gasteiger partial charge in [-0.25, -0.2) is 0 Å². The Balaban J connectivity index is 1.91. The van der Waals surface area contributed by atoms with Crippen LogP contribution in [0.25, 0.3) is 11.1 Å². The molecule has 1 aliphatic rings. The molecule has 1 heterocycles. The fourth-order valence-corrected chi connectivity index (χ4v) is 2.41. The Bertz CT molecular complexity index is 623. The summed E-state index contributed by atoms with van der Waals surface area (Å²) in [5.41, 5.74) is 5.22. The highest BCUT2D eigenvalue weighted by molar-refractivity contribution is 5.64. The molecule has 0 saturated carbocycles. The van der Waals surface area contributed by atoms with Gasteiger partial charge >= 0.3 is 0 Å². The highest BCUT2D eigenvalue weighted by Crippen LogP contribution is 2.23. The van der Waals surface area contributed by atoms with Crippen LogP contribution in [0, 0.1) is 0 Å². The third-order valence-electron chi connectivity index (χ3n) is 3.51. The van der Waals surface area contributed by atoms with E-state index in [9.17, 15) is 0 Å². The highest BCUT2D eigenvalue weighted by atomic mass is 14.9. The molecule has 0 aliphatic carbocycles. The second-order valence-corrected chi connectivity index (χ2v) is 4.98. The molecule has 94 valence electrons. The molecule has 0 bridgehead atoms. The Labute approximate surface area is 114 Å². The SMILES string of the molecule is CC1=C[NH2+]C(c2cccc(-c3ccccc3)c2)C=C1. The fraction of sp³-hybridized carbons (Fsp3) is 0.111. The molecular formula is C18H18N+. The van der Waals surface area contributed by atoms with Gasteiger partial charge in [0.25, 0.3) is 0 Å². The van der Waals surface area contributed by atoms with Gasteiger partial charge < -0.3 is 5.32 Å². The first-order valence-corrected chi connectivity index (χ1v) is 6.68. The van der Waals surface area contributed by atoms with E-state index in [4.69, 9.17) is 0 Å². The summed E-state index contributed by atoms with van der Waals surface area (Å²) in [7, 11) is 0. The van der Waals surface area contributed by atoms with E-state index in [0.29, 0.717) is 6.04 Å². The zero-order chi connectivity index (χ0) is 13.1. The van der Waals surface area contributed by atoms with Gasteiger partial charge in [0.15, 0.2) is 0 Å². The van der Waals surface area contributed by atoms with Crippen molar-refractivity contribution < 1.29 is 5.32 Å². The lowest BCUT2D eigenvalue weighted by molar-refractivity contribution is -0.623. The number of rotatable bonds is 2. The van der Waals surface area contributed by atoms with Crippen LogP contribution >= 0.6 is 0 Å². The summed E-state index contributed by atoms with van der Waals surface area (Å²) < 4.78 is 0. The zero-order valence-corrected chi connectivity index (χ0v) is 11.1. The van der Waals surface area contributed by atoms with Crippen LogP contribution < -0.4 is 5.32 Å². The van der Waals surface area contributed by atoms with Crippen LogP contribution in [0.3, 0.4) is 0 Å². The minimum absolute atomic E-state index is 0.396. The van der Waals surface area contributed by atoms with Gasteiger partial charge in [-0.2, -0.15) is 0 Å². The molecule has 1 nitrogen and oxygen atoms in total. The fourth-order valence-electron chi connectivity index (χ4n) is 2.41. The second-order valence-electron chi connectivity index (χ2n) is 4.98. The lowest BCUT2D eigenvalue weighted by Gasteiger charge is -2.14. The van der Waals surface area contributed by atoms with Crippen LogP contribution in [0.2, 0.25) is 0 Å². The monoisotopic (exact) mass is 248 g/mol. The first-order chi connectivity index (χ1) is 9.33. The largest absolute Gasteiger partial charge is 0.310 e. The van der Waals surface area contributed by atoms with E-state index in [1.807, 2.05) is 0 Å². The Morgan fingerprint density at radius 3 is 2.42 bits per heavy atom. The van der Waals surface area contributed by atoms with Crippen molar-refractivity contribution in [2.24, 2.45) is 0 Å². The summed E-state index contributed by atoms with van der Waals surface area (Å²) in [4.78, 5) is 0. The molecule has 0 saturated heterocycles. The minimum atomic E-state index is 0.396. The predicted octanol–water partition coefficient (Wildman–Crippen LogP) is 3.43. The van der Waals surface area contributed by atoms with Crippen molar-refractivity contribution in [3.63, 3.8) is 0 Å². The van der Waals surface area contributed by atoms with E-state index in [1.165, 1.54) is 22.3 Å². The van der Waals surface area contributed by atoms with Crippen LogP contribution in [0.4, 0.5) is 0 Å². The Hall–Kier alpha value is -2.12. The number of nitrogens with two attached hydrogens (primary N) is 1. The lowest BCUT2D eigenvalue weighted by Crippen LogP contribution is -2.79. The van der Waals surface area contributed by atoms with Gasteiger partial charge in [-0.3, -0.25) is 0 Å². The average molecular weight is 248 g/mol. The lowest BCUT2D eigenvalue weighted by atomic mass is 9.98. The Kier molecular flexibility index (Phi) is 3.30. The maximum absolute atomic E-state index is 2.29. The van der Waals surface area contributed by atoms with Gasteiger partial charge in [0.05, 0.1) is 6.20 Å². The first-order valence-electron chi connectivity index (χ1n) is 6.68. The summed E-state index contributed by atoms with van der Waals surface area (Å²) in [6.07, 6.45) is 6.65. The van der Waals surface area contributed by atoms with E-state index >= 15 is 0 Å². The van der Waals surface area contributed by atoms with Gasteiger partial charge in [0, 0.05) is 11.1 Å². The molecule has 0 radical (unpaired) electrons. The van der Waals surface area contributed by atoms with Crippen LogP contribution in [0.5, 0.6) is 0 Å². The smallest absolute Gasteiger partial charge is 0.135 e. The number of hydrogen-bond acceptors (Lipinski definition) is 0. The van der Waals surface area contributed by atoms with Gasteiger partial charge in [-0.15, -0.1) is 0 Å². The Morgan fingerprint density at radius 1 is 0.895 bits per heavy atom. The van der Waals surface area contributed by atoms with Crippen molar-refractivity contribution in [2.45, 2.75) is 13.0 Å². The second kappa shape index (κ2) is 5.25. The van der Waals surface area contributed by atoms with E-state index in [2.05, 4.69) is 85.2 Å². The van der Waals surface area contributed by atoms with Crippen molar-refractivity contribution in [1.82, 2.24) is 0 Å². The van der Waals surface area contributed by atoms with Crippen LogP contribution in [0.15, 0.2) is 78.5 Å². The standard InChI is InChI=1S/C18H17N/c1-14-10-11-18(19-13-14)17-9-5-8-16(12-17)15-6-3-2-4-7-15/h2-13,18-19H,1H3/p+1. The van der Waals surface area contributed by atoms with E-state index in [-0.39, 0.29) is 0 Å². The molecule has 3 rings (SSSR count). The number of benzene rings is 2. The summed E-state index contributed by atoms with van der Waals surface area (Å²) >= 11 is 0. The normalized spacial score (nSPS) is 18.2. The molecule has 1 unspecified atom stereocenters. The van der Waals surface area contributed by atoms with Gasteiger partial charge in [-0.1, -0.05) is 54.6 Å². The summed E-state index contributed by atoms with van der Waals surface area (Å²) in [6.45, 7) is 2.13. The quantitative estimate of drug-likeness (QED) is 0.838. The molecule has 19 heavy (non-hydrogen) atoms. The van der Waals surface area contributed by atoms with Gasteiger partial charge in [0.1, 0.15) is 6.04 Å². The number of hydrogen-bond donors (Lipinski definition) is 1. The van der Waals surface area contributed by atoms with E-state index in [1.54, 1.807) is 0 Å². The Morgan fingerprint density at radius 2 is 1.68 bits per heavy atom. The minimum Gasteiger partial charge on any atom is -0.310 e. The number of allylic oxidation sites excluding steroid dienone is 2. The molecule has 0 aromatic heterocycles. The van der Waals surface area contributed by atoms with Crippen LogP contribution in [-0.4, -0.2) is 0 Å². The molecule has 2 N–H and O–H groups in total. The van der Waals surface area contributed by atoms with Crippen molar-refractivity contribution in [1.29, 1.82) is 0 Å². The molecule has 1 heteroatoms. The summed E-state index contributed by atoms with van der Waals surface area (Å²) in [5, 5.41) is 2.26. The summed E-state index contributed by atoms with van der Waals surface area (Å²) in [6, 6.07) is 19.7. The third kappa shape index (κ3) is 2.67. The first kappa shape index (κ1) is 11.9. The van der Waals surface area contributed by atoms with E-state index in [0.717, 1.165) is 0 Å². The third-order valence-corrected chi connectivity index (χ3v) is 3.51. The van der Waals surface area contributed by atoms with Crippen LogP contribution in [0.1, 0.15) is 18.5 Å². The molecular weight excluding hydrogens is 230 g/mol. The topological polar surface area (TPSA) is 16.6 Å². The van der Waals surface area contributed by atoms with Crippen molar-refractivity contribution in [3.8, 4) is 11.1 Å². The zero-order valence-electron chi connectivity index (χ0n) is 11.1. The maximum Gasteiger partial charge on any atom is 0.135 e. The molecule has 0 amide bonds.